The van der Waals surface area contributed by atoms with Gasteiger partial charge in [0.05, 0.1) is 31.3 Å². The summed E-state index contributed by atoms with van der Waals surface area (Å²) in [5, 5.41) is 0. The number of benzene rings is 2. The average molecular weight is 448 g/mol. The number of hydrogen-bond donors (Lipinski definition) is 0. The minimum atomic E-state index is -0.578. The zero-order valence-electron chi connectivity index (χ0n) is 19.0. The standard InChI is InChI=1S/C27H29NO5/c1-31-26(29)23-16-28(21-10-6-7-11-21)17-24(27(30)32-2)25(23)20-12-14-22(15-13-20)33-18-19-8-4-3-5-9-19/h3-5,8-9,12-17,21,25H,6-7,10-11,18H2,1-2H3. The smallest absolute Gasteiger partial charge is 0.336 e. The average Bonchev–Trinajstić information content (AvgIpc) is 3.42. The van der Waals surface area contributed by atoms with Gasteiger partial charge in [-0.2, -0.15) is 0 Å². The van der Waals surface area contributed by atoms with Gasteiger partial charge in [-0.1, -0.05) is 55.3 Å². The fourth-order valence-corrected chi connectivity index (χ4v) is 4.52. The molecule has 0 N–H and O–H groups in total. The van der Waals surface area contributed by atoms with E-state index < -0.39 is 17.9 Å². The van der Waals surface area contributed by atoms with E-state index in [0.29, 0.717) is 23.5 Å². The molecular weight excluding hydrogens is 418 g/mol. The molecule has 0 spiro atoms. The normalized spacial score (nSPS) is 16.7. The number of esters is 2. The van der Waals surface area contributed by atoms with E-state index in [2.05, 4.69) is 0 Å². The zero-order valence-corrected chi connectivity index (χ0v) is 19.0. The number of hydrogen-bond acceptors (Lipinski definition) is 6. The quantitative estimate of drug-likeness (QED) is 0.572. The van der Waals surface area contributed by atoms with Crippen molar-refractivity contribution in [1.29, 1.82) is 0 Å². The lowest BCUT2D eigenvalue weighted by atomic mass is 9.83. The van der Waals surface area contributed by atoms with Gasteiger partial charge in [0.25, 0.3) is 0 Å². The van der Waals surface area contributed by atoms with E-state index in [1.54, 1.807) is 0 Å². The lowest BCUT2D eigenvalue weighted by Gasteiger charge is -2.33. The molecule has 1 aliphatic heterocycles. The molecule has 0 bridgehead atoms. The Morgan fingerprint density at radius 1 is 0.848 bits per heavy atom. The van der Waals surface area contributed by atoms with Crippen molar-refractivity contribution in [3.05, 3.63) is 89.3 Å². The molecule has 172 valence electrons. The number of nitrogens with zero attached hydrogens (tertiary/aromatic N) is 1. The summed E-state index contributed by atoms with van der Waals surface area (Å²) in [5.74, 6) is -0.785. The number of rotatable bonds is 7. The molecule has 0 atom stereocenters. The first-order valence-corrected chi connectivity index (χ1v) is 11.2. The van der Waals surface area contributed by atoms with Crippen molar-refractivity contribution < 1.29 is 23.8 Å². The van der Waals surface area contributed by atoms with E-state index in [9.17, 15) is 9.59 Å². The van der Waals surface area contributed by atoms with Crippen LogP contribution in [0.15, 0.2) is 78.1 Å². The predicted octanol–water partition coefficient (Wildman–Crippen LogP) is 4.72. The summed E-state index contributed by atoms with van der Waals surface area (Å²) in [7, 11) is 2.72. The fraction of sp³-hybridized carbons (Fsp3) is 0.333. The van der Waals surface area contributed by atoms with Gasteiger partial charge in [-0.25, -0.2) is 9.59 Å². The molecular formula is C27H29NO5. The molecule has 1 heterocycles. The molecule has 0 saturated heterocycles. The molecule has 33 heavy (non-hydrogen) atoms. The number of carbonyl (C=O) groups is 2. The summed E-state index contributed by atoms with van der Waals surface area (Å²) in [6.45, 7) is 0.459. The predicted molar refractivity (Wildman–Crippen MR) is 124 cm³/mol. The largest absolute Gasteiger partial charge is 0.489 e. The Labute approximate surface area is 194 Å². The highest BCUT2D eigenvalue weighted by molar-refractivity contribution is 5.98. The molecule has 1 aliphatic carbocycles. The maximum Gasteiger partial charge on any atom is 0.336 e. The fourth-order valence-electron chi connectivity index (χ4n) is 4.52. The van der Waals surface area contributed by atoms with Gasteiger partial charge in [-0.3, -0.25) is 0 Å². The van der Waals surface area contributed by atoms with Crippen LogP contribution in [0.25, 0.3) is 0 Å². The lowest BCUT2D eigenvalue weighted by molar-refractivity contribution is -0.137. The van der Waals surface area contributed by atoms with Crippen molar-refractivity contribution in [2.24, 2.45) is 0 Å². The summed E-state index contributed by atoms with van der Waals surface area (Å²) < 4.78 is 16.1. The Hall–Kier alpha value is -3.54. The van der Waals surface area contributed by atoms with E-state index in [1.165, 1.54) is 14.2 Å². The Kier molecular flexibility index (Phi) is 7.13. The Morgan fingerprint density at radius 2 is 1.42 bits per heavy atom. The molecule has 0 radical (unpaired) electrons. The SMILES string of the molecule is COC(=O)C1=CN(C2CCCC2)C=C(C(=O)OC)C1c1ccc(OCc2ccccc2)cc1. The van der Waals surface area contributed by atoms with Crippen molar-refractivity contribution >= 4 is 11.9 Å². The lowest BCUT2D eigenvalue weighted by Crippen LogP contribution is -2.33. The van der Waals surface area contributed by atoms with Crippen LogP contribution in [0.2, 0.25) is 0 Å². The highest BCUT2D eigenvalue weighted by Crippen LogP contribution is 2.39. The van der Waals surface area contributed by atoms with Crippen LogP contribution >= 0.6 is 0 Å². The highest BCUT2D eigenvalue weighted by atomic mass is 16.5. The Balaban J connectivity index is 1.62. The third-order valence-electron chi connectivity index (χ3n) is 6.25. The van der Waals surface area contributed by atoms with Crippen molar-refractivity contribution in [3.8, 4) is 5.75 Å². The second kappa shape index (κ2) is 10.4. The molecule has 2 aromatic carbocycles. The van der Waals surface area contributed by atoms with Crippen LogP contribution in [0.3, 0.4) is 0 Å². The number of methoxy groups -OCH3 is 2. The monoisotopic (exact) mass is 447 g/mol. The summed E-state index contributed by atoms with van der Waals surface area (Å²) in [6.07, 6.45) is 7.98. The van der Waals surface area contributed by atoms with Crippen LogP contribution in [0.4, 0.5) is 0 Å². The molecule has 6 heteroatoms. The first-order valence-electron chi connectivity index (χ1n) is 11.2. The van der Waals surface area contributed by atoms with Gasteiger partial charge in [0, 0.05) is 18.4 Å². The second-order valence-electron chi connectivity index (χ2n) is 8.31. The van der Waals surface area contributed by atoms with Crippen molar-refractivity contribution in [2.45, 2.75) is 44.2 Å². The summed E-state index contributed by atoms with van der Waals surface area (Å²) >= 11 is 0. The third-order valence-corrected chi connectivity index (χ3v) is 6.25. The van der Waals surface area contributed by atoms with Crippen LogP contribution in [-0.4, -0.2) is 37.1 Å². The second-order valence-corrected chi connectivity index (χ2v) is 8.31. The van der Waals surface area contributed by atoms with E-state index in [0.717, 1.165) is 36.8 Å². The number of carbonyl (C=O) groups excluding carboxylic acids is 2. The van der Waals surface area contributed by atoms with Gasteiger partial charge in [0.2, 0.25) is 0 Å². The van der Waals surface area contributed by atoms with Crippen molar-refractivity contribution in [3.63, 3.8) is 0 Å². The van der Waals surface area contributed by atoms with Crippen LogP contribution in [0.5, 0.6) is 5.75 Å². The van der Waals surface area contributed by atoms with Gasteiger partial charge >= 0.3 is 11.9 Å². The zero-order chi connectivity index (χ0) is 23.2. The molecule has 2 aliphatic rings. The maximum absolute atomic E-state index is 12.8. The molecule has 0 aromatic heterocycles. The van der Waals surface area contributed by atoms with Crippen LogP contribution in [-0.2, 0) is 25.7 Å². The first kappa shape index (κ1) is 22.6. The van der Waals surface area contributed by atoms with Gasteiger partial charge < -0.3 is 19.1 Å². The van der Waals surface area contributed by atoms with Gasteiger partial charge in [0.15, 0.2) is 0 Å². The molecule has 1 fully saturated rings. The maximum atomic E-state index is 12.8. The molecule has 4 rings (SSSR count). The van der Waals surface area contributed by atoms with Crippen LogP contribution < -0.4 is 4.74 Å². The molecule has 6 nitrogen and oxygen atoms in total. The van der Waals surface area contributed by atoms with E-state index in [4.69, 9.17) is 14.2 Å². The van der Waals surface area contributed by atoms with E-state index in [-0.39, 0.29) is 6.04 Å². The summed E-state index contributed by atoms with van der Waals surface area (Å²) in [4.78, 5) is 27.5. The summed E-state index contributed by atoms with van der Waals surface area (Å²) in [6, 6.07) is 17.7. The van der Waals surface area contributed by atoms with Crippen molar-refractivity contribution in [1.82, 2.24) is 4.90 Å². The Bertz CT molecular complexity index is 1000. The minimum absolute atomic E-state index is 0.263. The van der Waals surface area contributed by atoms with E-state index >= 15 is 0 Å². The highest BCUT2D eigenvalue weighted by Gasteiger charge is 2.37. The number of ether oxygens (including phenoxy) is 3. The van der Waals surface area contributed by atoms with Crippen LogP contribution in [0.1, 0.15) is 42.7 Å². The topological polar surface area (TPSA) is 65.1 Å². The molecule has 1 saturated carbocycles. The van der Waals surface area contributed by atoms with Crippen LogP contribution in [0, 0.1) is 0 Å². The Morgan fingerprint density at radius 3 is 1.97 bits per heavy atom. The third kappa shape index (κ3) is 5.11. The van der Waals surface area contributed by atoms with Gasteiger partial charge in [-0.05, 0) is 36.1 Å². The molecule has 2 aromatic rings. The molecule has 0 amide bonds. The van der Waals surface area contributed by atoms with Crippen molar-refractivity contribution in [2.75, 3.05) is 14.2 Å². The summed E-state index contributed by atoms with van der Waals surface area (Å²) in [5.41, 5.74) is 2.71. The van der Waals surface area contributed by atoms with E-state index in [1.807, 2.05) is 71.9 Å². The minimum Gasteiger partial charge on any atom is -0.489 e. The van der Waals surface area contributed by atoms with Gasteiger partial charge in [-0.15, -0.1) is 0 Å². The van der Waals surface area contributed by atoms with Gasteiger partial charge in [0.1, 0.15) is 12.4 Å². The molecule has 0 unspecified atom stereocenters. The first-order chi connectivity index (χ1) is 16.1.